The fraction of sp³-hybridized carbons (Fsp3) is 0.455. The van der Waals surface area contributed by atoms with Crippen molar-refractivity contribution in [2.75, 3.05) is 0 Å². The van der Waals surface area contributed by atoms with E-state index in [0.717, 1.165) is 16.2 Å². The molecule has 0 aromatic heterocycles. The van der Waals surface area contributed by atoms with E-state index in [9.17, 15) is 0 Å². The molecule has 1 aromatic carbocycles. The number of hydrogen-bond donors (Lipinski definition) is 0. The zero-order valence-corrected chi connectivity index (χ0v) is 11.5. The van der Waals surface area contributed by atoms with Crippen LogP contribution in [0.5, 0.6) is 0 Å². The molecule has 0 fully saturated rings. The van der Waals surface area contributed by atoms with Crippen molar-refractivity contribution in [3.8, 4) is 0 Å². The lowest BCUT2D eigenvalue weighted by atomic mass is 10.2. The molecule has 0 N–H and O–H groups in total. The molecule has 0 spiro atoms. The van der Waals surface area contributed by atoms with Crippen LogP contribution in [0.3, 0.4) is 0 Å². The molecule has 0 atom stereocenters. The monoisotopic (exact) mass is 221 g/mol. The Balaban J connectivity index is 2.67. The Morgan fingerprint density at radius 2 is 1.71 bits per heavy atom. The molecule has 0 heterocycles. The van der Waals surface area contributed by atoms with Crippen LogP contribution in [0.2, 0.25) is 26.2 Å². The van der Waals surface area contributed by atoms with E-state index in [2.05, 4.69) is 60.8 Å². The molecule has 0 saturated carbocycles. The zero-order valence-electron chi connectivity index (χ0n) is 9.54. The number of nitrogens with zero attached hydrogens (tertiary/aromatic N) is 1. The van der Waals surface area contributed by atoms with Gasteiger partial charge in [-0.25, -0.2) is 0 Å². The lowest BCUT2D eigenvalue weighted by molar-refractivity contribution is 0.643. The van der Waals surface area contributed by atoms with Crippen LogP contribution in [0.1, 0.15) is 5.56 Å². The van der Waals surface area contributed by atoms with Gasteiger partial charge in [0.05, 0.1) is 0 Å². The highest BCUT2D eigenvalue weighted by Gasteiger charge is 2.21. The number of hydrogen-bond acceptors (Lipinski definition) is 1. The van der Waals surface area contributed by atoms with Crippen molar-refractivity contribution >= 4 is 17.9 Å². The van der Waals surface area contributed by atoms with Gasteiger partial charge in [0.1, 0.15) is 17.9 Å². The van der Waals surface area contributed by atoms with Crippen LogP contribution in [0.25, 0.3) is 0 Å². The molecule has 0 amide bonds. The van der Waals surface area contributed by atoms with Crippen molar-refractivity contribution in [1.29, 1.82) is 0 Å². The maximum Gasteiger partial charge on any atom is 0.131 e. The van der Waals surface area contributed by atoms with Crippen LogP contribution < -0.4 is 0 Å². The Morgan fingerprint density at radius 1 is 1.14 bits per heavy atom. The average molecular weight is 221 g/mol. The highest BCUT2D eigenvalue weighted by molar-refractivity contribution is 6.78. The van der Waals surface area contributed by atoms with E-state index >= 15 is 0 Å². The molecule has 3 heteroatoms. The highest BCUT2D eigenvalue weighted by Crippen LogP contribution is 2.12. The van der Waals surface area contributed by atoms with Crippen LogP contribution in [0, 0.1) is 0 Å². The maximum absolute atomic E-state index is 2.64. The molecule has 0 saturated heterocycles. The van der Waals surface area contributed by atoms with Gasteiger partial charge in [-0.3, -0.25) is 0 Å². The smallest absolute Gasteiger partial charge is 0.131 e. The summed E-state index contributed by atoms with van der Waals surface area (Å²) in [5.41, 5.74) is 1.43. The number of benzene rings is 1. The molecule has 1 nitrogen and oxygen atoms in total. The summed E-state index contributed by atoms with van der Waals surface area (Å²) in [6.07, 6.45) is 0. The van der Waals surface area contributed by atoms with Crippen molar-refractivity contribution in [2.24, 2.45) is 0 Å². The second-order valence-corrected chi connectivity index (χ2v) is 10.8. The third kappa shape index (κ3) is 3.40. The van der Waals surface area contributed by atoms with Crippen molar-refractivity contribution in [3.63, 3.8) is 0 Å². The van der Waals surface area contributed by atoms with Gasteiger partial charge in [-0.05, 0) is 5.56 Å². The van der Waals surface area contributed by atoms with Crippen LogP contribution in [-0.2, 0) is 6.54 Å². The Bertz CT molecular complexity index is 266. The second-order valence-electron chi connectivity index (χ2n) is 4.47. The van der Waals surface area contributed by atoms with E-state index in [1.807, 2.05) is 0 Å². The first-order valence-corrected chi connectivity index (χ1v) is 9.92. The van der Waals surface area contributed by atoms with Crippen molar-refractivity contribution < 1.29 is 0 Å². The minimum absolute atomic E-state index is 0.921. The topological polar surface area (TPSA) is 3.24 Å². The van der Waals surface area contributed by atoms with E-state index < -0.39 is 8.24 Å². The van der Waals surface area contributed by atoms with E-state index in [4.69, 9.17) is 0 Å². The SMILES string of the molecule is C[Si]N(Cc1ccccc1)[Si](C)(C)C. The summed E-state index contributed by atoms with van der Waals surface area (Å²) in [6.45, 7) is 10.6. The minimum Gasteiger partial charge on any atom is -0.344 e. The summed E-state index contributed by atoms with van der Waals surface area (Å²) >= 11 is 0. The quantitative estimate of drug-likeness (QED) is 0.707. The van der Waals surface area contributed by atoms with E-state index in [1.165, 1.54) is 5.56 Å². The van der Waals surface area contributed by atoms with Gasteiger partial charge in [-0.15, -0.1) is 0 Å². The maximum atomic E-state index is 2.64. The lowest BCUT2D eigenvalue weighted by Crippen LogP contribution is -2.46. The number of rotatable bonds is 4. The van der Waals surface area contributed by atoms with Crippen LogP contribution in [0.4, 0.5) is 0 Å². The van der Waals surface area contributed by atoms with Gasteiger partial charge >= 0.3 is 0 Å². The van der Waals surface area contributed by atoms with E-state index in [-0.39, 0.29) is 0 Å². The molecule has 1 rings (SSSR count). The zero-order chi connectivity index (χ0) is 10.6. The molecule has 76 valence electrons. The molecule has 0 aliphatic carbocycles. The largest absolute Gasteiger partial charge is 0.344 e. The van der Waals surface area contributed by atoms with Gasteiger partial charge in [-0.2, -0.15) is 0 Å². The molecular weight excluding hydrogens is 202 g/mol. The van der Waals surface area contributed by atoms with Gasteiger partial charge in [0.15, 0.2) is 0 Å². The first-order valence-electron chi connectivity index (χ1n) is 5.03. The van der Waals surface area contributed by atoms with Crippen LogP contribution >= 0.6 is 0 Å². The molecule has 0 aliphatic heterocycles. The molecule has 0 bridgehead atoms. The standard InChI is InChI=1S/C11H19NSi2/c1-13-12(14(2,3)4)10-11-8-6-5-7-9-11/h5-9H,10H2,1-4H3. The van der Waals surface area contributed by atoms with Crippen molar-refractivity contribution in [3.05, 3.63) is 35.9 Å². The summed E-state index contributed by atoms with van der Waals surface area (Å²) in [6, 6.07) is 10.8. The van der Waals surface area contributed by atoms with Gasteiger partial charge in [0, 0.05) is 6.54 Å². The summed E-state index contributed by atoms with van der Waals surface area (Å²) in [5.74, 6) is 0. The summed E-state index contributed by atoms with van der Waals surface area (Å²) < 4.78 is 2.64. The summed E-state index contributed by atoms with van der Waals surface area (Å²) in [5, 5.41) is 0. The Kier molecular flexibility index (Phi) is 4.10. The van der Waals surface area contributed by atoms with Gasteiger partial charge in [-0.1, -0.05) is 56.5 Å². The third-order valence-electron chi connectivity index (χ3n) is 2.26. The average Bonchev–Trinajstić information content (AvgIpc) is 2.14. The Morgan fingerprint density at radius 3 is 2.14 bits per heavy atom. The molecule has 0 aliphatic rings. The lowest BCUT2D eigenvalue weighted by Gasteiger charge is -2.32. The molecule has 1 aromatic rings. The Labute approximate surface area is 91.1 Å². The van der Waals surface area contributed by atoms with Crippen LogP contribution in [0.15, 0.2) is 30.3 Å². The van der Waals surface area contributed by atoms with E-state index in [0.29, 0.717) is 0 Å². The first kappa shape index (κ1) is 11.7. The Hall–Kier alpha value is -0.386. The normalized spacial score (nSPS) is 12.1. The van der Waals surface area contributed by atoms with Crippen molar-refractivity contribution in [1.82, 2.24) is 4.23 Å². The molecule has 0 unspecified atom stereocenters. The van der Waals surface area contributed by atoms with Crippen LogP contribution in [-0.4, -0.2) is 22.1 Å². The molecular formula is C11H19NSi2. The van der Waals surface area contributed by atoms with Crippen molar-refractivity contribution in [2.45, 2.75) is 32.7 Å². The first-order chi connectivity index (χ1) is 6.54. The summed E-state index contributed by atoms with van der Waals surface area (Å²) in [7, 11) is -0.203. The highest BCUT2D eigenvalue weighted by atomic mass is 28.4. The third-order valence-corrected chi connectivity index (χ3v) is 7.42. The predicted octanol–water partition coefficient (Wildman–Crippen LogP) is 2.99. The fourth-order valence-corrected chi connectivity index (χ4v) is 5.10. The molecule has 14 heavy (non-hydrogen) atoms. The fourth-order valence-electron chi connectivity index (χ4n) is 1.42. The second kappa shape index (κ2) is 4.91. The predicted molar refractivity (Wildman–Crippen MR) is 66.9 cm³/mol. The van der Waals surface area contributed by atoms with Gasteiger partial charge < -0.3 is 4.23 Å². The van der Waals surface area contributed by atoms with E-state index in [1.54, 1.807) is 0 Å². The summed E-state index contributed by atoms with van der Waals surface area (Å²) in [4.78, 5) is 0. The van der Waals surface area contributed by atoms with Gasteiger partial charge in [0.25, 0.3) is 0 Å². The van der Waals surface area contributed by atoms with Gasteiger partial charge in [0.2, 0.25) is 0 Å². The minimum atomic E-state index is -1.12. The molecule has 2 radical (unpaired) electrons.